The minimum Gasteiger partial charge on any atom is -0.164 e. The van der Waals surface area contributed by atoms with Gasteiger partial charge in [-0.1, -0.05) is 64.3 Å². The molecule has 2 aromatic carbocycles. The van der Waals surface area contributed by atoms with Crippen LogP contribution in [0, 0.1) is 6.92 Å². The predicted octanol–water partition coefficient (Wildman–Crippen LogP) is 8.28. The molecule has 1 aliphatic heterocycles. The number of aryl methyl sites for hydroxylation is 3. The van der Waals surface area contributed by atoms with Crippen LogP contribution in [0.25, 0.3) is 28.1 Å². The molecule has 0 saturated heterocycles. The molecule has 0 N–H and O–H groups in total. The van der Waals surface area contributed by atoms with Crippen molar-refractivity contribution in [2.24, 2.45) is 0 Å². The van der Waals surface area contributed by atoms with Crippen LogP contribution in [0.3, 0.4) is 0 Å². The van der Waals surface area contributed by atoms with Gasteiger partial charge in [0.1, 0.15) is 0 Å². The van der Waals surface area contributed by atoms with Gasteiger partial charge < -0.3 is 0 Å². The number of allylic oxidation sites excluding steroid dienone is 1. The van der Waals surface area contributed by atoms with E-state index in [1.807, 2.05) is 0 Å². The van der Waals surface area contributed by atoms with Gasteiger partial charge in [-0.2, -0.15) is 4.57 Å². The van der Waals surface area contributed by atoms with Crippen LogP contribution in [0.1, 0.15) is 81.0 Å². The van der Waals surface area contributed by atoms with E-state index >= 15 is 0 Å². The lowest BCUT2D eigenvalue weighted by Crippen LogP contribution is -2.40. The Morgan fingerprint density at radius 2 is 1.72 bits per heavy atom. The summed E-state index contributed by atoms with van der Waals surface area (Å²) in [6.07, 6.45) is 10.5. The number of nitrogens with zero attached hydrogens (tertiary/aromatic N) is 1. The molecule has 1 unspecified atom stereocenters. The van der Waals surface area contributed by atoms with E-state index in [4.69, 9.17) is 0 Å². The second-order valence-electron chi connectivity index (χ2n) is 9.36. The van der Waals surface area contributed by atoms with Gasteiger partial charge in [-0.25, -0.2) is 0 Å². The molecule has 2 heterocycles. The van der Waals surface area contributed by atoms with Gasteiger partial charge in [0.2, 0.25) is 5.69 Å². The number of aromatic nitrogens is 1. The normalized spacial score (nSPS) is 14.9. The average Bonchev–Trinajstić information content (AvgIpc) is 2.81. The van der Waals surface area contributed by atoms with Crippen LogP contribution in [0.2, 0.25) is 0 Å². The van der Waals surface area contributed by atoms with Crippen molar-refractivity contribution in [3.05, 3.63) is 83.6 Å². The van der Waals surface area contributed by atoms with E-state index in [-0.39, 0.29) is 0 Å². The van der Waals surface area contributed by atoms with E-state index in [1.165, 1.54) is 76.0 Å². The molecule has 3 aromatic rings. The Bertz CT molecular complexity index is 1120. The minimum atomic E-state index is 0.377. The van der Waals surface area contributed by atoms with Crippen LogP contribution in [0.5, 0.6) is 0 Å². The molecule has 0 aliphatic carbocycles. The topological polar surface area (TPSA) is 3.88 Å². The molecule has 1 heteroatoms. The summed E-state index contributed by atoms with van der Waals surface area (Å²) in [6.45, 7) is 13.6. The zero-order chi connectivity index (χ0) is 22.7. The van der Waals surface area contributed by atoms with Crippen LogP contribution in [-0.4, -0.2) is 0 Å². The Labute approximate surface area is 194 Å². The number of hydrogen-bond donors (Lipinski definition) is 0. The summed E-state index contributed by atoms with van der Waals surface area (Å²) in [5.41, 5.74) is 12.4. The zero-order valence-corrected chi connectivity index (χ0v) is 20.4. The first-order chi connectivity index (χ1) is 15.6. The number of benzene rings is 2. The van der Waals surface area contributed by atoms with Crippen molar-refractivity contribution in [2.75, 3.05) is 0 Å². The molecule has 1 aromatic heterocycles. The molecule has 1 atom stereocenters. The number of fused-ring (bicyclic) bond motifs is 3. The fourth-order valence-electron chi connectivity index (χ4n) is 5.37. The van der Waals surface area contributed by atoms with Gasteiger partial charge in [0.05, 0.1) is 11.5 Å². The molecule has 0 amide bonds. The molecule has 0 saturated carbocycles. The summed E-state index contributed by atoms with van der Waals surface area (Å²) in [6, 6.07) is 18.5. The summed E-state index contributed by atoms with van der Waals surface area (Å²) in [4.78, 5) is 0. The predicted molar refractivity (Wildman–Crippen MR) is 138 cm³/mol. The Morgan fingerprint density at radius 3 is 2.47 bits per heavy atom. The Kier molecular flexibility index (Phi) is 6.94. The molecule has 166 valence electrons. The van der Waals surface area contributed by atoms with Gasteiger partial charge in [-0.3, -0.25) is 0 Å². The Morgan fingerprint density at radius 1 is 0.875 bits per heavy atom. The van der Waals surface area contributed by atoms with Crippen LogP contribution >= 0.6 is 0 Å². The number of rotatable bonds is 8. The first-order valence-corrected chi connectivity index (χ1v) is 12.6. The third-order valence-corrected chi connectivity index (χ3v) is 7.07. The first kappa shape index (κ1) is 22.5. The highest BCUT2D eigenvalue weighted by Crippen LogP contribution is 2.43. The number of unbranched alkanes of at least 4 members (excludes halogenated alkanes) is 2. The van der Waals surface area contributed by atoms with Crippen molar-refractivity contribution in [1.82, 2.24) is 0 Å². The van der Waals surface area contributed by atoms with Crippen molar-refractivity contribution >= 4 is 5.70 Å². The van der Waals surface area contributed by atoms with Crippen molar-refractivity contribution in [1.29, 1.82) is 0 Å². The lowest BCUT2D eigenvalue weighted by atomic mass is 9.79. The largest absolute Gasteiger partial charge is 0.218 e. The molecular weight excluding hydrogens is 386 g/mol. The summed E-state index contributed by atoms with van der Waals surface area (Å²) in [5, 5.41) is 0. The second kappa shape index (κ2) is 9.86. The fourth-order valence-corrected chi connectivity index (χ4v) is 5.37. The molecule has 32 heavy (non-hydrogen) atoms. The van der Waals surface area contributed by atoms with E-state index in [1.54, 1.807) is 0 Å². The molecule has 0 spiro atoms. The Balaban J connectivity index is 1.90. The van der Waals surface area contributed by atoms with E-state index < -0.39 is 0 Å². The lowest BCUT2D eigenvalue weighted by molar-refractivity contribution is -0.574. The van der Waals surface area contributed by atoms with Crippen molar-refractivity contribution in [3.8, 4) is 22.4 Å². The van der Waals surface area contributed by atoms with E-state index in [2.05, 4.69) is 93.6 Å². The summed E-state index contributed by atoms with van der Waals surface area (Å²) in [5.74, 6) is 0.377. The molecule has 1 aliphatic rings. The monoisotopic (exact) mass is 424 g/mol. The molecule has 1 nitrogen and oxygen atoms in total. The smallest absolute Gasteiger partial charge is 0.164 e. The van der Waals surface area contributed by atoms with Gasteiger partial charge >= 0.3 is 0 Å². The highest BCUT2D eigenvalue weighted by atomic mass is 15.0. The molecular formula is C31H38N+. The molecule has 0 radical (unpaired) electrons. The Hall–Kier alpha value is -2.67. The van der Waals surface area contributed by atoms with Crippen LogP contribution in [0.4, 0.5) is 0 Å². The molecule has 4 rings (SSSR count). The molecule has 0 fully saturated rings. The quantitative estimate of drug-likeness (QED) is 0.253. The van der Waals surface area contributed by atoms with Gasteiger partial charge in [-0.05, 0) is 84.7 Å². The summed E-state index contributed by atoms with van der Waals surface area (Å²) >= 11 is 0. The van der Waals surface area contributed by atoms with Crippen molar-refractivity contribution in [2.45, 2.75) is 78.6 Å². The maximum atomic E-state index is 4.51. The highest BCUT2D eigenvalue weighted by molar-refractivity contribution is 5.80. The lowest BCUT2D eigenvalue weighted by Gasteiger charge is -2.27. The third kappa shape index (κ3) is 4.18. The van der Waals surface area contributed by atoms with E-state index in [0.717, 1.165) is 19.3 Å². The number of hydrogen-bond acceptors (Lipinski definition) is 0. The first-order valence-electron chi connectivity index (χ1n) is 12.6. The maximum absolute atomic E-state index is 4.51. The average molecular weight is 425 g/mol. The molecule has 0 bridgehead atoms. The van der Waals surface area contributed by atoms with Crippen LogP contribution < -0.4 is 4.57 Å². The van der Waals surface area contributed by atoms with E-state index in [9.17, 15) is 0 Å². The van der Waals surface area contributed by atoms with Gasteiger partial charge in [-0.15, -0.1) is 0 Å². The number of pyridine rings is 1. The van der Waals surface area contributed by atoms with Gasteiger partial charge in [0.15, 0.2) is 11.9 Å². The van der Waals surface area contributed by atoms with Gasteiger partial charge in [0, 0.05) is 12.1 Å². The van der Waals surface area contributed by atoms with Crippen molar-refractivity contribution in [3.63, 3.8) is 0 Å². The van der Waals surface area contributed by atoms with Crippen molar-refractivity contribution < 1.29 is 4.57 Å². The third-order valence-electron chi connectivity index (χ3n) is 7.07. The second-order valence-corrected chi connectivity index (χ2v) is 9.36. The zero-order valence-electron chi connectivity index (χ0n) is 20.4. The van der Waals surface area contributed by atoms with E-state index in [0.29, 0.717) is 5.92 Å². The van der Waals surface area contributed by atoms with Crippen LogP contribution in [0.15, 0.2) is 61.3 Å². The summed E-state index contributed by atoms with van der Waals surface area (Å²) in [7, 11) is 0. The minimum absolute atomic E-state index is 0.377. The van der Waals surface area contributed by atoms with Gasteiger partial charge in [0.25, 0.3) is 0 Å². The standard InChI is InChI=1S/C31H38N/c1-6-9-10-14-24-17-16-22(4)28(19-24)26-20-25(13-7-2)31-27(8-3)23(5)32-18-12-11-15-30(32)29(31)21-26/h11-12,15-21,27H,5-10,13-14H2,1-4H3/q+1. The maximum Gasteiger partial charge on any atom is 0.218 e. The SMILES string of the molecule is C=C1C(CC)c2c(CCC)cc(-c3cc(CCCCC)ccc3C)cc2-c2cccc[n+]21. The van der Waals surface area contributed by atoms with Crippen LogP contribution in [-0.2, 0) is 12.8 Å². The highest BCUT2D eigenvalue weighted by Gasteiger charge is 2.35. The fraction of sp³-hybridized carbons (Fsp3) is 0.387. The summed E-state index contributed by atoms with van der Waals surface area (Å²) < 4.78 is 2.31.